The molecule has 0 fully saturated rings. The number of nitrogens with one attached hydrogen (secondary N) is 1. The molecule has 0 saturated heterocycles. The highest BCUT2D eigenvalue weighted by Gasteiger charge is 2.23. The highest BCUT2D eigenvalue weighted by atomic mass is 32.2. The van der Waals surface area contributed by atoms with Gasteiger partial charge in [-0.1, -0.05) is 18.2 Å². The van der Waals surface area contributed by atoms with Crippen molar-refractivity contribution in [3.63, 3.8) is 0 Å². The lowest BCUT2D eigenvalue weighted by molar-refractivity contribution is 0.414. The van der Waals surface area contributed by atoms with Crippen LogP contribution in [0.25, 0.3) is 11.3 Å². The van der Waals surface area contributed by atoms with Crippen LogP contribution < -0.4 is 10.1 Å². The number of benzene rings is 2. The van der Waals surface area contributed by atoms with Gasteiger partial charge in [0, 0.05) is 44.3 Å². The molecule has 9 heteroatoms. The fourth-order valence-electron chi connectivity index (χ4n) is 3.38. The van der Waals surface area contributed by atoms with E-state index in [1.165, 1.54) is 4.31 Å². The van der Waals surface area contributed by atoms with E-state index < -0.39 is 10.0 Å². The molecular formula is C24H25N5O3S. The molecule has 0 bridgehead atoms. The van der Waals surface area contributed by atoms with Crippen molar-refractivity contribution < 1.29 is 13.2 Å². The summed E-state index contributed by atoms with van der Waals surface area (Å²) in [5, 5.41) is 3.26. The molecule has 2 aromatic carbocycles. The summed E-state index contributed by atoms with van der Waals surface area (Å²) in [5.74, 6) is 1.38. The second-order valence-electron chi connectivity index (χ2n) is 7.58. The highest BCUT2D eigenvalue weighted by molar-refractivity contribution is 7.89. The molecule has 4 aromatic rings. The summed E-state index contributed by atoms with van der Waals surface area (Å²) in [5.41, 5.74) is 2.90. The van der Waals surface area contributed by atoms with Gasteiger partial charge in [0.2, 0.25) is 10.0 Å². The predicted octanol–water partition coefficient (Wildman–Crippen LogP) is 4.06. The first-order valence-electron chi connectivity index (χ1n) is 10.3. The van der Waals surface area contributed by atoms with Crippen molar-refractivity contribution in [2.45, 2.75) is 11.4 Å². The Kier molecular flexibility index (Phi) is 6.43. The standard InChI is InChI=1S/C24H25N5O3S/c1-28-16-23(26-17-28)21-14-20(11-12-22(21)27-24-6-4-5-13-25-24)33(30,31)29(2)15-18-7-9-19(32-3)10-8-18/h4-14,16-17H,15H2,1-3H3,(H,25,27). The zero-order valence-corrected chi connectivity index (χ0v) is 19.5. The van der Waals surface area contributed by atoms with Crippen LogP contribution in [0.4, 0.5) is 11.5 Å². The molecule has 1 N–H and O–H groups in total. The summed E-state index contributed by atoms with van der Waals surface area (Å²) in [6.07, 6.45) is 5.21. The summed E-state index contributed by atoms with van der Waals surface area (Å²) < 4.78 is 35.0. The predicted molar refractivity (Wildman–Crippen MR) is 128 cm³/mol. The largest absolute Gasteiger partial charge is 0.497 e. The van der Waals surface area contributed by atoms with E-state index in [0.717, 1.165) is 11.3 Å². The molecule has 170 valence electrons. The van der Waals surface area contributed by atoms with Crippen LogP contribution in [0.3, 0.4) is 0 Å². The third kappa shape index (κ3) is 5.05. The maximum absolute atomic E-state index is 13.4. The van der Waals surface area contributed by atoms with E-state index in [1.807, 2.05) is 60.3 Å². The van der Waals surface area contributed by atoms with E-state index in [9.17, 15) is 8.42 Å². The highest BCUT2D eigenvalue weighted by Crippen LogP contribution is 2.32. The first-order chi connectivity index (χ1) is 15.9. The zero-order valence-electron chi connectivity index (χ0n) is 18.6. The van der Waals surface area contributed by atoms with Gasteiger partial charge in [-0.3, -0.25) is 0 Å². The van der Waals surface area contributed by atoms with Crippen LogP contribution in [0, 0.1) is 0 Å². The number of aromatic nitrogens is 3. The summed E-state index contributed by atoms with van der Waals surface area (Å²) in [6.45, 7) is 0.235. The number of methoxy groups -OCH3 is 1. The minimum Gasteiger partial charge on any atom is -0.497 e. The van der Waals surface area contributed by atoms with Crippen molar-refractivity contribution in [1.29, 1.82) is 0 Å². The van der Waals surface area contributed by atoms with Crippen molar-refractivity contribution in [2.24, 2.45) is 7.05 Å². The molecule has 4 rings (SSSR count). The van der Waals surface area contributed by atoms with Crippen LogP contribution in [0.5, 0.6) is 5.75 Å². The molecule has 8 nitrogen and oxygen atoms in total. The fourth-order valence-corrected chi connectivity index (χ4v) is 4.57. The van der Waals surface area contributed by atoms with Gasteiger partial charge in [0.1, 0.15) is 11.6 Å². The monoisotopic (exact) mass is 463 g/mol. The minimum atomic E-state index is -3.74. The van der Waals surface area contributed by atoms with E-state index in [2.05, 4.69) is 15.3 Å². The number of aryl methyl sites for hydroxylation is 1. The van der Waals surface area contributed by atoms with Crippen molar-refractivity contribution in [1.82, 2.24) is 18.8 Å². The van der Waals surface area contributed by atoms with Gasteiger partial charge in [0.05, 0.1) is 24.0 Å². The average Bonchev–Trinajstić information content (AvgIpc) is 3.26. The van der Waals surface area contributed by atoms with Gasteiger partial charge in [-0.05, 0) is 48.0 Å². The van der Waals surface area contributed by atoms with Crippen molar-refractivity contribution in [3.05, 3.63) is 84.9 Å². The van der Waals surface area contributed by atoms with Gasteiger partial charge in [-0.15, -0.1) is 0 Å². The molecule has 0 aliphatic rings. The Labute approximate surface area is 193 Å². The first kappa shape index (κ1) is 22.5. The van der Waals surface area contributed by atoms with Crippen LogP contribution >= 0.6 is 0 Å². The molecule has 0 aliphatic carbocycles. The molecule has 2 heterocycles. The number of anilines is 2. The second kappa shape index (κ2) is 9.43. The SMILES string of the molecule is COc1ccc(CN(C)S(=O)(=O)c2ccc(Nc3ccccn3)c(-c3cn(C)cn3)c2)cc1. The van der Waals surface area contributed by atoms with E-state index in [0.29, 0.717) is 22.8 Å². The Bertz CT molecular complexity index is 1340. The quantitative estimate of drug-likeness (QED) is 0.424. The maximum Gasteiger partial charge on any atom is 0.243 e. The molecule has 0 radical (unpaired) electrons. The molecular weight excluding hydrogens is 438 g/mol. The third-order valence-electron chi connectivity index (χ3n) is 5.17. The Morgan fingerprint density at radius 3 is 2.48 bits per heavy atom. The summed E-state index contributed by atoms with van der Waals surface area (Å²) in [6, 6.07) is 17.9. The van der Waals surface area contributed by atoms with Crippen LogP contribution in [-0.4, -0.2) is 41.4 Å². The second-order valence-corrected chi connectivity index (χ2v) is 9.63. The number of rotatable bonds is 8. The number of imidazole rings is 1. The van der Waals surface area contributed by atoms with Gasteiger partial charge < -0.3 is 14.6 Å². The number of hydrogen-bond acceptors (Lipinski definition) is 6. The van der Waals surface area contributed by atoms with Crippen molar-refractivity contribution in [3.8, 4) is 17.0 Å². The Balaban J connectivity index is 1.67. The third-order valence-corrected chi connectivity index (χ3v) is 6.97. The Hall–Kier alpha value is -3.69. The van der Waals surface area contributed by atoms with Crippen LogP contribution in [0.15, 0.2) is 84.3 Å². The van der Waals surface area contributed by atoms with Crippen LogP contribution in [0.1, 0.15) is 5.56 Å². The minimum absolute atomic E-state index is 0.186. The lowest BCUT2D eigenvalue weighted by Crippen LogP contribution is -2.26. The number of nitrogens with zero attached hydrogens (tertiary/aromatic N) is 4. The molecule has 0 atom stereocenters. The topological polar surface area (TPSA) is 89.4 Å². The Morgan fingerprint density at radius 1 is 1.06 bits per heavy atom. The van der Waals surface area contributed by atoms with Crippen molar-refractivity contribution >= 4 is 21.5 Å². The van der Waals surface area contributed by atoms with E-state index in [4.69, 9.17) is 4.74 Å². The lowest BCUT2D eigenvalue weighted by atomic mass is 10.1. The summed E-state index contributed by atoms with van der Waals surface area (Å²) >= 11 is 0. The fraction of sp³-hybridized carbons (Fsp3) is 0.167. The van der Waals surface area contributed by atoms with Crippen LogP contribution in [-0.2, 0) is 23.6 Å². The normalized spacial score (nSPS) is 11.5. The first-order valence-corrected chi connectivity index (χ1v) is 11.7. The zero-order chi connectivity index (χ0) is 23.4. The van der Waals surface area contributed by atoms with Crippen LogP contribution in [0.2, 0.25) is 0 Å². The number of ether oxygens (including phenoxy) is 1. The molecule has 0 amide bonds. The number of pyridine rings is 1. The van der Waals surface area contributed by atoms with E-state index >= 15 is 0 Å². The summed E-state index contributed by atoms with van der Waals surface area (Å²) in [7, 11) is 1.29. The smallest absolute Gasteiger partial charge is 0.243 e. The molecule has 33 heavy (non-hydrogen) atoms. The average molecular weight is 464 g/mol. The molecule has 0 saturated carbocycles. The van der Waals surface area contributed by atoms with E-state index in [1.54, 1.807) is 44.9 Å². The van der Waals surface area contributed by atoms with Gasteiger partial charge in [0.25, 0.3) is 0 Å². The lowest BCUT2D eigenvalue weighted by Gasteiger charge is -2.19. The van der Waals surface area contributed by atoms with Gasteiger partial charge >= 0.3 is 0 Å². The van der Waals surface area contributed by atoms with Gasteiger partial charge in [0.15, 0.2) is 0 Å². The number of sulfonamides is 1. The maximum atomic E-state index is 13.4. The van der Waals surface area contributed by atoms with Crippen molar-refractivity contribution in [2.75, 3.05) is 19.5 Å². The Morgan fingerprint density at radius 2 is 1.85 bits per heavy atom. The van der Waals surface area contributed by atoms with E-state index in [-0.39, 0.29) is 11.4 Å². The molecule has 0 spiro atoms. The number of hydrogen-bond donors (Lipinski definition) is 1. The molecule has 0 unspecified atom stereocenters. The molecule has 0 aliphatic heterocycles. The molecule has 2 aromatic heterocycles. The summed E-state index contributed by atoms with van der Waals surface area (Å²) in [4.78, 5) is 8.91. The van der Waals surface area contributed by atoms with Gasteiger partial charge in [-0.25, -0.2) is 18.4 Å². The van der Waals surface area contributed by atoms with Gasteiger partial charge in [-0.2, -0.15) is 4.31 Å².